The van der Waals surface area contributed by atoms with Crippen LogP contribution in [0.25, 0.3) is 10.4 Å². The van der Waals surface area contributed by atoms with Crippen LogP contribution in [0.2, 0.25) is 0 Å². The normalized spacial score (nSPS) is 11.1. The molecule has 0 aliphatic rings. The average molecular weight is 126 g/mol. The summed E-state index contributed by atoms with van der Waals surface area (Å²) in [6.45, 7) is -0.0237. The molecule has 0 aromatic rings. The molecule has 0 radical (unpaired) electrons. The van der Waals surface area contributed by atoms with E-state index in [4.69, 9.17) is 15.9 Å². The molecule has 0 saturated carbocycles. The quantitative estimate of drug-likeness (QED) is 0.340. The van der Waals surface area contributed by atoms with Crippen molar-refractivity contribution in [2.75, 3.05) is 6.54 Å². The van der Waals surface area contributed by atoms with Crippen LogP contribution in [0.3, 0.4) is 0 Å². The van der Waals surface area contributed by atoms with E-state index in [-0.39, 0.29) is 13.0 Å². The molecule has 0 aliphatic heterocycles. The van der Waals surface area contributed by atoms with Gasteiger partial charge in [0.05, 0.1) is 25.1 Å². The molecule has 0 saturated heterocycles. The van der Waals surface area contributed by atoms with Crippen LogP contribution in [0.4, 0.5) is 0 Å². The van der Waals surface area contributed by atoms with Crippen molar-refractivity contribution in [2.45, 2.75) is 12.5 Å². The van der Waals surface area contributed by atoms with Crippen molar-refractivity contribution >= 4 is 0 Å². The maximum Gasteiger partial charge on any atom is 0.0726 e. The van der Waals surface area contributed by atoms with Crippen molar-refractivity contribution < 1.29 is 5.11 Å². The molecule has 1 unspecified atom stereocenters. The highest BCUT2D eigenvalue weighted by molar-refractivity contribution is 4.76. The maximum atomic E-state index is 8.69. The lowest BCUT2D eigenvalue weighted by Crippen LogP contribution is -2.08. The van der Waals surface area contributed by atoms with Crippen molar-refractivity contribution in [1.82, 2.24) is 0 Å². The molecule has 0 amide bonds. The van der Waals surface area contributed by atoms with Gasteiger partial charge in [-0.05, 0) is 5.53 Å². The lowest BCUT2D eigenvalue weighted by molar-refractivity contribution is 0.188. The highest BCUT2D eigenvalue weighted by Gasteiger charge is 1.98. The predicted octanol–water partition coefficient (Wildman–Crippen LogP) is 0.571. The lowest BCUT2D eigenvalue weighted by atomic mass is 10.3. The van der Waals surface area contributed by atoms with E-state index in [1.54, 1.807) is 6.07 Å². The van der Waals surface area contributed by atoms with E-state index in [0.717, 1.165) is 0 Å². The van der Waals surface area contributed by atoms with E-state index >= 15 is 0 Å². The van der Waals surface area contributed by atoms with Gasteiger partial charge in [0.2, 0.25) is 0 Å². The molecule has 1 atom stereocenters. The Bertz CT molecular complexity index is 154. The Morgan fingerprint density at radius 2 is 2.56 bits per heavy atom. The summed E-state index contributed by atoms with van der Waals surface area (Å²) in [6.07, 6.45) is -0.801. The average Bonchev–Trinajstić information content (AvgIpc) is 1.85. The fourth-order valence-electron chi connectivity index (χ4n) is 0.301. The molecule has 9 heavy (non-hydrogen) atoms. The standard InChI is InChI=1S/C4H6N4O/c5-2-1-4(9)3-7-8-6/h4,9H,1,3H2. The van der Waals surface area contributed by atoms with Gasteiger partial charge in [-0.2, -0.15) is 5.26 Å². The van der Waals surface area contributed by atoms with Gasteiger partial charge in [-0.1, -0.05) is 5.11 Å². The van der Waals surface area contributed by atoms with E-state index in [0.29, 0.717) is 0 Å². The minimum Gasteiger partial charge on any atom is -0.392 e. The van der Waals surface area contributed by atoms with Gasteiger partial charge >= 0.3 is 0 Å². The van der Waals surface area contributed by atoms with E-state index in [1.165, 1.54) is 0 Å². The van der Waals surface area contributed by atoms with Crippen LogP contribution >= 0.6 is 0 Å². The number of azide groups is 1. The van der Waals surface area contributed by atoms with Crippen LogP contribution in [0, 0.1) is 11.3 Å². The minimum atomic E-state index is -0.814. The number of hydrogen-bond acceptors (Lipinski definition) is 3. The summed E-state index contributed by atoms with van der Waals surface area (Å²) < 4.78 is 0. The molecule has 0 aliphatic carbocycles. The summed E-state index contributed by atoms with van der Waals surface area (Å²) in [6, 6.07) is 1.74. The Labute approximate surface area is 52.2 Å². The number of aliphatic hydroxyl groups is 1. The topological polar surface area (TPSA) is 92.8 Å². The fourth-order valence-corrected chi connectivity index (χ4v) is 0.301. The van der Waals surface area contributed by atoms with Gasteiger partial charge in [-0.15, -0.1) is 0 Å². The van der Waals surface area contributed by atoms with E-state index in [9.17, 15) is 0 Å². The van der Waals surface area contributed by atoms with Crippen LogP contribution in [-0.4, -0.2) is 17.8 Å². The third-order valence-electron chi connectivity index (χ3n) is 0.683. The lowest BCUT2D eigenvalue weighted by Gasteiger charge is -1.96. The second-order valence-corrected chi connectivity index (χ2v) is 1.43. The second-order valence-electron chi connectivity index (χ2n) is 1.43. The van der Waals surface area contributed by atoms with Crippen LogP contribution in [-0.2, 0) is 0 Å². The number of rotatable bonds is 3. The summed E-state index contributed by atoms with van der Waals surface area (Å²) in [5.74, 6) is 0. The van der Waals surface area contributed by atoms with Gasteiger partial charge in [-0.3, -0.25) is 0 Å². The first-order valence-electron chi connectivity index (χ1n) is 2.37. The molecule has 0 bridgehead atoms. The van der Waals surface area contributed by atoms with Gasteiger partial charge in [-0.25, -0.2) is 0 Å². The third kappa shape index (κ3) is 4.62. The molecule has 0 heterocycles. The third-order valence-corrected chi connectivity index (χ3v) is 0.683. The zero-order chi connectivity index (χ0) is 7.11. The molecule has 0 spiro atoms. The fraction of sp³-hybridized carbons (Fsp3) is 0.750. The molecule has 5 nitrogen and oxygen atoms in total. The Balaban J connectivity index is 3.40. The first-order valence-corrected chi connectivity index (χ1v) is 2.37. The summed E-state index contributed by atoms with van der Waals surface area (Å²) in [4.78, 5) is 2.41. The zero-order valence-electron chi connectivity index (χ0n) is 4.73. The Morgan fingerprint density at radius 3 is 3.00 bits per heavy atom. The van der Waals surface area contributed by atoms with E-state index < -0.39 is 6.10 Å². The van der Waals surface area contributed by atoms with E-state index in [1.807, 2.05) is 0 Å². The van der Waals surface area contributed by atoms with Crippen molar-refractivity contribution in [3.63, 3.8) is 0 Å². The summed E-state index contributed by atoms with van der Waals surface area (Å²) >= 11 is 0. The summed E-state index contributed by atoms with van der Waals surface area (Å²) in [7, 11) is 0. The van der Waals surface area contributed by atoms with Crippen molar-refractivity contribution in [1.29, 1.82) is 5.26 Å². The van der Waals surface area contributed by atoms with Gasteiger partial charge in [0.15, 0.2) is 0 Å². The highest BCUT2D eigenvalue weighted by Crippen LogP contribution is 1.89. The molecule has 1 N–H and O–H groups in total. The van der Waals surface area contributed by atoms with Gasteiger partial charge in [0, 0.05) is 4.91 Å². The van der Waals surface area contributed by atoms with Crippen molar-refractivity contribution in [3.8, 4) is 6.07 Å². The summed E-state index contributed by atoms with van der Waals surface area (Å²) in [5, 5.41) is 19.8. The first kappa shape index (κ1) is 7.76. The number of nitrogens with zero attached hydrogens (tertiary/aromatic N) is 4. The Hall–Kier alpha value is -1.24. The Morgan fingerprint density at radius 1 is 1.89 bits per heavy atom. The minimum absolute atomic E-state index is 0.0129. The van der Waals surface area contributed by atoms with Gasteiger partial charge in [0.25, 0.3) is 0 Å². The molecule has 48 valence electrons. The highest BCUT2D eigenvalue weighted by atomic mass is 16.3. The largest absolute Gasteiger partial charge is 0.392 e. The SMILES string of the molecule is N#CCC(O)CN=[N+]=[N-]. The van der Waals surface area contributed by atoms with Gasteiger partial charge in [0.1, 0.15) is 0 Å². The monoisotopic (exact) mass is 126 g/mol. The van der Waals surface area contributed by atoms with Crippen LogP contribution in [0.1, 0.15) is 6.42 Å². The van der Waals surface area contributed by atoms with Crippen molar-refractivity contribution in [3.05, 3.63) is 10.4 Å². The molecule has 0 aromatic carbocycles. The number of nitriles is 1. The van der Waals surface area contributed by atoms with Crippen LogP contribution in [0.15, 0.2) is 5.11 Å². The summed E-state index contributed by atoms with van der Waals surface area (Å²) in [5.41, 5.74) is 7.75. The Kier molecular flexibility index (Phi) is 4.23. The van der Waals surface area contributed by atoms with Crippen LogP contribution in [0.5, 0.6) is 0 Å². The number of hydrogen-bond donors (Lipinski definition) is 1. The molecule has 5 heteroatoms. The smallest absolute Gasteiger partial charge is 0.0726 e. The first-order chi connectivity index (χ1) is 4.31. The van der Waals surface area contributed by atoms with E-state index in [2.05, 4.69) is 10.0 Å². The number of aliphatic hydroxyl groups excluding tert-OH is 1. The van der Waals surface area contributed by atoms with Crippen LogP contribution < -0.4 is 0 Å². The molecular weight excluding hydrogens is 120 g/mol. The molecule has 0 fully saturated rings. The van der Waals surface area contributed by atoms with Gasteiger partial charge < -0.3 is 5.11 Å². The molecular formula is C4H6N4O. The molecule has 0 aromatic heterocycles. The predicted molar refractivity (Wildman–Crippen MR) is 30.2 cm³/mol. The molecule has 0 rings (SSSR count). The maximum absolute atomic E-state index is 8.69. The second kappa shape index (κ2) is 4.91. The zero-order valence-corrected chi connectivity index (χ0v) is 4.73. The van der Waals surface area contributed by atoms with Crippen molar-refractivity contribution in [2.24, 2.45) is 5.11 Å².